The third-order valence-corrected chi connectivity index (χ3v) is 3.53. The summed E-state index contributed by atoms with van der Waals surface area (Å²) in [5.74, 6) is 0.616. The summed E-state index contributed by atoms with van der Waals surface area (Å²) in [6, 6.07) is 10.3. The van der Waals surface area contributed by atoms with Gasteiger partial charge in [0.05, 0.1) is 0 Å². The summed E-state index contributed by atoms with van der Waals surface area (Å²) in [6.45, 7) is 7.33. The minimum Gasteiger partial charge on any atom is -0.445 e. The van der Waals surface area contributed by atoms with Gasteiger partial charge in [0.25, 0.3) is 0 Å². The van der Waals surface area contributed by atoms with E-state index in [0.29, 0.717) is 18.6 Å². The Morgan fingerprint density at radius 3 is 2.70 bits per heavy atom. The molecule has 2 rings (SSSR count). The van der Waals surface area contributed by atoms with Crippen LogP contribution in [0.2, 0.25) is 0 Å². The lowest BCUT2D eigenvalue weighted by Gasteiger charge is -2.38. The molecular weight excluding hydrogens is 252 g/mol. The smallest absolute Gasteiger partial charge is 0.410 e. The van der Waals surface area contributed by atoms with Gasteiger partial charge in [-0.15, -0.1) is 0 Å². The van der Waals surface area contributed by atoms with Crippen LogP contribution in [0.3, 0.4) is 0 Å². The molecule has 0 aromatic heterocycles. The number of carbonyl (C=O) groups excluding carboxylic acids is 1. The van der Waals surface area contributed by atoms with Crippen molar-refractivity contribution in [2.75, 3.05) is 19.6 Å². The Balaban J connectivity index is 1.59. The lowest BCUT2D eigenvalue weighted by molar-refractivity contribution is 0.0471. The monoisotopic (exact) mass is 276 g/mol. The minimum atomic E-state index is -0.193. The van der Waals surface area contributed by atoms with Gasteiger partial charge in [-0.1, -0.05) is 44.2 Å². The van der Waals surface area contributed by atoms with Gasteiger partial charge in [-0.05, 0) is 24.4 Å². The molecule has 0 bridgehead atoms. The van der Waals surface area contributed by atoms with E-state index in [0.717, 1.165) is 31.6 Å². The number of rotatable bonds is 6. The van der Waals surface area contributed by atoms with Crippen LogP contribution in [0, 0.1) is 5.92 Å². The van der Waals surface area contributed by atoms with Gasteiger partial charge in [-0.3, -0.25) is 0 Å². The van der Waals surface area contributed by atoms with Crippen molar-refractivity contribution < 1.29 is 9.53 Å². The number of benzene rings is 1. The van der Waals surface area contributed by atoms with E-state index in [1.165, 1.54) is 0 Å². The molecule has 0 spiro atoms. The number of nitrogens with zero attached hydrogens (tertiary/aromatic N) is 1. The van der Waals surface area contributed by atoms with Gasteiger partial charge < -0.3 is 15.0 Å². The largest absolute Gasteiger partial charge is 0.445 e. The maximum absolute atomic E-state index is 11.8. The number of carbonyl (C=O) groups is 1. The lowest BCUT2D eigenvalue weighted by Crippen LogP contribution is -2.50. The molecule has 1 aromatic carbocycles. The maximum atomic E-state index is 11.8. The molecule has 0 atom stereocenters. The Kier molecular flexibility index (Phi) is 5.41. The molecule has 4 nitrogen and oxygen atoms in total. The zero-order chi connectivity index (χ0) is 14.4. The molecule has 1 amide bonds. The fourth-order valence-electron chi connectivity index (χ4n) is 2.29. The van der Waals surface area contributed by atoms with Crippen LogP contribution in [-0.2, 0) is 11.3 Å². The van der Waals surface area contributed by atoms with Crippen molar-refractivity contribution in [2.45, 2.75) is 32.9 Å². The molecule has 1 aliphatic heterocycles. The zero-order valence-electron chi connectivity index (χ0n) is 12.3. The molecule has 4 heteroatoms. The average molecular weight is 276 g/mol. The van der Waals surface area contributed by atoms with E-state index in [2.05, 4.69) is 19.2 Å². The zero-order valence-corrected chi connectivity index (χ0v) is 12.3. The molecule has 0 aliphatic carbocycles. The minimum absolute atomic E-state index is 0.193. The van der Waals surface area contributed by atoms with Crippen LogP contribution in [0.4, 0.5) is 4.79 Å². The molecule has 0 saturated carbocycles. The average Bonchev–Trinajstić information content (AvgIpc) is 2.39. The Bertz CT molecular complexity index is 414. The van der Waals surface area contributed by atoms with Crippen LogP contribution in [0.25, 0.3) is 0 Å². The van der Waals surface area contributed by atoms with Crippen LogP contribution in [0.5, 0.6) is 0 Å². The predicted octanol–water partition coefficient (Wildman–Crippen LogP) is 2.64. The molecular formula is C16H24N2O2. The van der Waals surface area contributed by atoms with Crippen LogP contribution in [0.15, 0.2) is 30.3 Å². The summed E-state index contributed by atoms with van der Waals surface area (Å²) in [5.41, 5.74) is 1.03. The van der Waals surface area contributed by atoms with E-state index in [4.69, 9.17) is 4.74 Å². The van der Waals surface area contributed by atoms with Crippen LogP contribution in [0.1, 0.15) is 25.8 Å². The second-order valence-electron chi connectivity index (χ2n) is 5.71. The SMILES string of the molecule is CC(C)NCCC1CN(C(=O)OCc2ccccc2)C1. The fourth-order valence-corrected chi connectivity index (χ4v) is 2.29. The number of hydrogen-bond donors (Lipinski definition) is 1. The molecule has 110 valence electrons. The second kappa shape index (κ2) is 7.29. The third-order valence-electron chi connectivity index (χ3n) is 3.53. The molecule has 1 saturated heterocycles. The topological polar surface area (TPSA) is 41.6 Å². The molecule has 1 heterocycles. The first kappa shape index (κ1) is 14.9. The first-order chi connectivity index (χ1) is 9.65. The number of amides is 1. The van der Waals surface area contributed by atoms with E-state index in [1.54, 1.807) is 4.90 Å². The predicted molar refractivity (Wildman–Crippen MR) is 79.4 cm³/mol. The lowest BCUT2D eigenvalue weighted by atomic mass is 9.97. The van der Waals surface area contributed by atoms with Gasteiger partial charge in [0.2, 0.25) is 0 Å². The van der Waals surface area contributed by atoms with Crippen LogP contribution in [-0.4, -0.2) is 36.7 Å². The van der Waals surface area contributed by atoms with Crippen molar-refractivity contribution in [3.05, 3.63) is 35.9 Å². The fraction of sp³-hybridized carbons (Fsp3) is 0.562. The van der Waals surface area contributed by atoms with Gasteiger partial charge in [0.15, 0.2) is 0 Å². The quantitative estimate of drug-likeness (QED) is 0.868. The molecule has 1 aromatic rings. The van der Waals surface area contributed by atoms with Crippen LogP contribution < -0.4 is 5.32 Å². The van der Waals surface area contributed by atoms with E-state index in [1.807, 2.05) is 30.3 Å². The van der Waals surface area contributed by atoms with Crippen molar-refractivity contribution in [2.24, 2.45) is 5.92 Å². The number of likely N-dealkylation sites (tertiary alicyclic amines) is 1. The summed E-state index contributed by atoms with van der Waals surface area (Å²) in [4.78, 5) is 13.6. The summed E-state index contributed by atoms with van der Waals surface area (Å²) in [7, 11) is 0. The van der Waals surface area contributed by atoms with Crippen molar-refractivity contribution in [3.8, 4) is 0 Å². The van der Waals surface area contributed by atoms with E-state index in [9.17, 15) is 4.79 Å². The second-order valence-corrected chi connectivity index (χ2v) is 5.71. The molecule has 1 fully saturated rings. The summed E-state index contributed by atoms with van der Waals surface area (Å²) in [6.07, 6.45) is 0.933. The first-order valence-electron chi connectivity index (χ1n) is 7.34. The highest BCUT2D eigenvalue weighted by molar-refractivity contribution is 5.68. The Labute approximate surface area is 121 Å². The number of hydrogen-bond acceptors (Lipinski definition) is 3. The van der Waals surface area contributed by atoms with E-state index in [-0.39, 0.29) is 6.09 Å². The maximum Gasteiger partial charge on any atom is 0.410 e. The molecule has 20 heavy (non-hydrogen) atoms. The first-order valence-corrected chi connectivity index (χ1v) is 7.34. The highest BCUT2D eigenvalue weighted by Crippen LogP contribution is 2.19. The highest BCUT2D eigenvalue weighted by atomic mass is 16.6. The van der Waals surface area contributed by atoms with Gasteiger partial charge in [0, 0.05) is 19.1 Å². The highest BCUT2D eigenvalue weighted by Gasteiger charge is 2.31. The summed E-state index contributed by atoms with van der Waals surface area (Å²) in [5, 5.41) is 3.40. The third kappa shape index (κ3) is 4.53. The molecule has 0 radical (unpaired) electrons. The number of ether oxygens (including phenoxy) is 1. The molecule has 1 aliphatic rings. The summed E-state index contributed by atoms with van der Waals surface area (Å²) >= 11 is 0. The van der Waals surface area contributed by atoms with Gasteiger partial charge in [-0.25, -0.2) is 4.79 Å². The molecule has 0 unspecified atom stereocenters. The van der Waals surface area contributed by atoms with E-state index >= 15 is 0 Å². The summed E-state index contributed by atoms with van der Waals surface area (Å²) < 4.78 is 5.29. The van der Waals surface area contributed by atoms with Gasteiger partial charge >= 0.3 is 6.09 Å². The Morgan fingerprint density at radius 1 is 1.35 bits per heavy atom. The van der Waals surface area contributed by atoms with Crippen LogP contribution >= 0.6 is 0 Å². The Hall–Kier alpha value is -1.55. The van der Waals surface area contributed by atoms with Crippen molar-refractivity contribution in [1.82, 2.24) is 10.2 Å². The van der Waals surface area contributed by atoms with E-state index < -0.39 is 0 Å². The normalized spacial score (nSPS) is 15.2. The van der Waals surface area contributed by atoms with Crippen molar-refractivity contribution >= 4 is 6.09 Å². The van der Waals surface area contributed by atoms with Gasteiger partial charge in [0.1, 0.15) is 6.61 Å². The standard InChI is InChI=1S/C16H24N2O2/c1-13(2)17-9-8-15-10-18(11-15)16(19)20-12-14-6-4-3-5-7-14/h3-7,13,15,17H,8-12H2,1-2H3. The Morgan fingerprint density at radius 2 is 2.05 bits per heavy atom. The number of nitrogens with one attached hydrogen (secondary N) is 1. The van der Waals surface area contributed by atoms with Crippen molar-refractivity contribution in [3.63, 3.8) is 0 Å². The van der Waals surface area contributed by atoms with Crippen molar-refractivity contribution in [1.29, 1.82) is 0 Å². The molecule has 1 N–H and O–H groups in total. The van der Waals surface area contributed by atoms with Gasteiger partial charge in [-0.2, -0.15) is 0 Å².